The fourth-order valence-electron chi connectivity index (χ4n) is 1.69. The molecule has 1 rings (SSSR count). The van der Waals surface area contributed by atoms with Gasteiger partial charge in [-0.15, -0.1) is 0 Å². The summed E-state index contributed by atoms with van der Waals surface area (Å²) in [5.41, 5.74) is 0.598. The molecule has 0 spiro atoms. The molecule has 3 nitrogen and oxygen atoms in total. The van der Waals surface area contributed by atoms with Gasteiger partial charge >= 0.3 is 0 Å². The van der Waals surface area contributed by atoms with Gasteiger partial charge in [0.1, 0.15) is 17.5 Å². The van der Waals surface area contributed by atoms with E-state index in [1.54, 1.807) is 6.07 Å². The predicted octanol–water partition coefficient (Wildman–Crippen LogP) is 4.46. The first-order valence-electron chi connectivity index (χ1n) is 7.68. The van der Waals surface area contributed by atoms with Crippen LogP contribution in [0.25, 0.3) is 6.08 Å². The molecule has 0 saturated heterocycles. The number of nitrogens with one attached hydrogen (secondary N) is 1. The Labute approximate surface area is 132 Å². The van der Waals surface area contributed by atoms with Crippen molar-refractivity contribution in [2.24, 2.45) is 0 Å². The average molecular weight is 304 g/mol. The lowest BCUT2D eigenvalue weighted by atomic mass is 10.1. The summed E-state index contributed by atoms with van der Waals surface area (Å²) in [6.45, 7) is 4.49. The highest BCUT2D eigenvalue weighted by Crippen LogP contribution is 2.08. The molecular weight excluding hydrogens is 279 g/mol. The van der Waals surface area contributed by atoms with Crippen molar-refractivity contribution in [2.45, 2.75) is 46.0 Å². The Morgan fingerprint density at radius 1 is 1.18 bits per heavy atom. The molecule has 22 heavy (non-hydrogen) atoms. The third-order valence-electron chi connectivity index (χ3n) is 2.98. The van der Waals surface area contributed by atoms with E-state index in [1.807, 2.05) is 0 Å². The van der Waals surface area contributed by atoms with E-state index in [0.717, 1.165) is 0 Å². The van der Waals surface area contributed by atoms with Gasteiger partial charge in [-0.3, -0.25) is 4.79 Å². The second kappa shape index (κ2) is 12.6. The van der Waals surface area contributed by atoms with Crippen LogP contribution in [0.2, 0.25) is 0 Å². The topological polar surface area (TPSA) is 52.9 Å². The van der Waals surface area contributed by atoms with Crippen molar-refractivity contribution < 1.29 is 9.18 Å². The molecule has 0 bridgehead atoms. The van der Waals surface area contributed by atoms with Crippen LogP contribution in [0.3, 0.4) is 0 Å². The second-order valence-electron chi connectivity index (χ2n) is 4.86. The number of hydrogen-bond acceptors (Lipinski definition) is 2. The number of benzene rings is 1. The molecule has 0 aliphatic carbocycles. The molecule has 1 amide bonds. The molecule has 120 valence electrons. The zero-order valence-corrected chi connectivity index (χ0v) is 13.7. The van der Waals surface area contributed by atoms with Crippen LogP contribution in [0, 0.1) is 17.1 Å². The zero-order valence-electron chi connectivity index (χ0n) is 13.7. The van der Waals surface area contributed by atoms with E-state index in [4.69, 9.17) is 5.26 Å². The van der Waals surface area contributed by atoms with Gasteiger partial charge in [-0.2, -0.15) is 5.26 Å². The van der Waals surface area contributed by atoms with E-state index in [0.29, 0.717) is 5.56 Å². The van der Waals surface area contributed by atoms with Crippen LogP contribution in [0.1, 0.15) is 51.5 Å². The summed E-state index contributed by atoms with van der Waals surface area (Å²) in [4.78, 5) is 11.1. The number of nitriles is 1. The zero-order chi connectivity index (χ0) is 16.8. The van der Waals surface area contributed by atoms with Gasteiger partial charge in [0.15, 0.2) is 0 Å². The van der Waals surface area contributed by atoms with Crippen LogP contribution < -0.4 is 5.32 Å². The van der Waals surface area contributed by atoms with E-state index in [9.17, 15) is 9.18 Å². The molecule has 1 aromatic carbocycles. The van der Waals surface area contributed by atoms with Crippen molar-refractivity contribution in [3.8, 4) is 6.07 Å². The molecule has 0 fully saturated rings. The van der Waals surface area contributed by atoms with Gasteiger partial charge < -0.3 is 5.32 Å². The predicted molar refractivity (Wildman–Crippen MR) is 88.5 cm³/mol. The van der Waals surface area contributed by atoms with Crippen LogP contribution in [0.5, 0.6) is 0 Å². The average Bonchev–Trinajstić information content (AvgIpc) is 2.54. The quantitative estimate of drug-likeness (QED) is 0.479. The molecule has 0 aliphatic heterocycles. The minimum absolute atomic E-state index is 0.0101. The molecule has 0 atom stereocenters. The first-order valence-corrected chi connectivity index (χ1v) is 7.68. The third kappa shape index (κ3) is 8.91. The number of rotatable bonds is 6. The Morgan fingerprint density at radius 2 is 1.73 bits per heavy atom. The van der Waals surface area contributed by atoms with E-state index in [2.05, 4.69) is 19.2 Å². The van der Waals surface area contributed by atoms with Crippen LogP contribution in [-0.2, 0) is 4.79 Å². The van der Waals surface area contributed by atoms with Crippen molar-refractivity contribution in [2.75, 3.05) is 7.05 Å². The number of halogens is 1. The van der Waals surface area contributed by atoms with Crippen LogP contribution in [0.15, 0.2) is 29.8 Å². The summed E-state index contributed by atoms with van der Waals surface area (Å²) in [6.07, 6.45) is 8.41. The lowest BCUT2D eigenvalue weighted by Gasteiger charge is -1.97. The van der Waals surface area contributed by atoms with Gasteiger partial charge in [-0.25, -0.2) is 4.39 Å². The summed E-state index contributed by atoms with van der Waals surface area (Å²) in [7, 11) is 1.44. The van der Waals surface area contributed by atoms with Crippen molar-refractivity contribution in [1.29, 1.82) is 5.26 Å². The summed E-state index contributed by atoms with van der Waals surface area (Å²) < 4.78 is 12.6. The highest BCUT2D eigenvalue weighted by Gasteiger charge is 2.05. The standard InChI is InChI=1S/C11H9FN2O.C7H16/c1-14-11(15)9(7-13)6-8-2-4-10(12)5-3-8;1-3-5-7-6-4-2/h2-6H,1H3,(H,14,15);3-7H2,1-2H3/b9-6+;. The number of unbranched alkanes of at least 4 members (excludes halogenated alkanes) is 4. The first kappa shape index (κ1) is 19.9. The lowest BCUT2D eigenvalue weighted by Crippen LogP contribution is -2.19. The van der Waals surface area contributed by atoms with Gasteiger partial charge in [0.05, 0.1) is 0 Å². The third-order valence-corrected chi connectivity index (χ3v) is 2.98. The molecule has 0 unspecified atom stereocenters. The molecule has 0 radical (unpaired) electrons. The minimum Gasteiger partial charge on any atom is -0.354 e. The van der Waals surface area contributed by atoms with Crippen LogP contribution >= 0.6 is 0 Å². The van der Waals surface area contributed by atoms with Crippen molar-refractivity contribution in [3.05, 3.63) is 41.2 Å². The molecule has 0 heterocycles. The van der Waals surface area contributed by atoms with Gasteiger partial charge in [-0.05, 0) is 23.8 Å². The number of carbonyl (C=O) groups is 1. The monoisotopic (exact) mass is 304 g/mol. The highest BCUT2D eigenvalue weighted by molar-refractivity contribution is 6.01. The van der Waals surface area contributed by atoms with Crippen LogP contribution in [-0.4, -0.2) is 13.0 Å². The van der Waals surface area contributed by atoms with Gasteiger partial charge in [0.25, 0.3) is 5.91 Å². The molecule has 0 aliphatic rings. The van der Waals surface area contributed by atoms with E-state index in [1.165, 1.54) is 69.5 Å². The number of carbonyl (C=O) groups excluding carboxylic acids is 1. The van der Waals surface area contributed by atoms with E-state index < -0.39 is 5.91 Å². The largest absolute Gasteiger partial charge is 0.354 e. The Balaban J connectivity index is 0.000000534. The molecular formula is C18H25FN2O. The fourth-order valence-corrected chi connectivity index (χ4v) is 1.69. The summed E-state index contributed by atoms with van der Waals surface area (Å²) in [5.74, 6) is -0.813. The normalized spacial score (nSPS) is 10.2. The summed E-state index contributed by atoms with van der Waals surface area (Å²) >= 11 is 0. The van der Waals surface area contributed by atoms with E-state index >= 15 is 0 Å². The summed E-state index contributed by atoms with van der Waals surface area (Å²) in [6, 6.07) is 7.30. The van der Waals surface area contributed by atoms with Gasteiger partial charge in [0, 0.05) is 7.05 Å². The van der Waals surface area contributed by atoms with Crippen molar-refractivity contribution >= 4 is 12.0 Å². The Bertz CT molecular complexity index is 497. The van der Waals surface area contributed by atoms with Crippen molar-refractivity contribution in [3.63, 3.8) is 0 Å². The maximum Gasteiger partial charge on any atom is 0.261 e. The number of nitrogens with zero attached hydrogens (tertiary/aromatic N) is 1. The molecule has 1 aromatic rings. The van der Waals surface area contributed by atoms with Gasteiger partial charge in [-0.1, -0.05) is 58.1 Å². The second-order valence-corrected chi connectivity index (χ2v) is 4.86. The molecule has 0 aromatic heterocycles. The van der Waals surface area contributed by atoms with Crippen LogP contribution in [0.4, 0.5) is 4.39 Å². The minimum atomic E-state index is -0.457. The number of likely N-dealkylation sites (N-methyl/N-ethyl adjacent to an activating group) is 1. The number of hydrogen-bond donors (Lipinski definition) is 1. The smallest absolute Gasteiger partial charge is 0.261 e. The fraction of sp³-hybridized carbons (Fsp3) is 0.444. The summed E-state index contributed by atoms with van der Waals surface area (Å²) in [5, 5.41) is 11.0. The molecule has 1 N–H and O–H groups in total. The Kier molecular flexibility index (Phi) is 11.4. The molecule has 0 saturated carbocycles. The number of amides is 1. The SMILES string of the molecule is CCCCCCC.CNC(=O)/C(C#N)=C/c1ccc(F)cc1. The maximum absolute atomic E-state index is 12.6. The van der Waals surface area contributed by atoms with Crippen molar-refractivity contribution in [1.82, 2.24) is 5.32 Å². The maximum atomic E-state index is 12.6. The Hall–Kier alpha value is -2.15. The lowest BCUT2D eigenvalue weighted by molar-refractivity contribution is -0.116. The van der Waals surface area contributed by atoms with E-state index in [-0.39, 0.29) is 11.4 Å². The first-order chi connectivity index (χ1) is 10.6. The highest BCUT2D eigenvalue weighted by atomic mass is 19.1. The molecule has 4 heteroatoms. The van der Waals surface area contributed by atoms with Gasteiger partial charge in [0.2, 0.25) is 0 Å². The Morgan fingerprint density at radius 3 is 2.14 bits per heavy atom.